The van der Waals surface area contributed by atoms with Crippen molar-refractivity contribution in [2.24, 2.45) is 0 Å². The van der Waals surface area contributed by atoms with Crippen LogP contribution in [0.3, 0.4) is 0 Å². The molecule has 0 bridgehead atoms. The predicted molar refractivity (Wildman–Crippen MR) is 63.1 cm³/mol. The molecule has 3 heteroatoms. The van der Waals surface area contributed by atoms with Crippen molar-refractivity contribution >= 4 is 5.97 Å². The van der Waals surface area contributed by atoms with Gasteiger partial charge in [0, 0.05) is 12.8 Å². The predicted octanol–water partition coefficient (Wildman–Crippen LogP) is 2.62. The second-order valence-corrected chi connectivity index (χ2v) is 3.96. The molecule has 16 heavy (non-hydrogen) atoms. The highest BCUT2D eigenvalue weighted by Crippen LogP contribution is 2.27. The van der Waals surface area contributed by atoms with E-state index in [1.54, 1.807) is 6.08 Å². The van der Waals surface area contributed by atoms with Crippen LogP contribution in [-0.4, -0.2) is 24.8 Å². The molecule has 0 amide bonds. The summed E-state index contributed by atoms with van der Waals surface area (Å²) in [6.45, 7) is 6.67. The lowest BCUT2D eigenvalue weighted by Crippen LogP contribution is -2.44. The molecule has 0 fully saturated rings. The van der Waals surface area contributed by atoms with Crippen molar-refractivity contribution in [3.05, 3.63) is 24.8 Å². The fourth-order valence-corrected chi connectivity index (χ4v) is 1.65. The van der Waals surface area contributed by atoms with Gasteiger partial charge in [-0.1, -0.05) is 31.6 Å². The van der Waals surface area contributed by atoms with Gasteiger partial charge >= 0.3 is 5.97 Å². The number of rotatable bonds is 6. The van der Waals surface area contributed by atoms with Gasteiger partial charge in [0.25, 0.3) is 0 Å². The third-order valence-electron chi connectivity index (χ3n) is 2.65. The van der Waals surface area contributed by atoms with Crippen LogP contribution in [0.15, 0.2) is 24.8 Å². The molecule has 0 saturated heterocycles. The van der Waals surface area contributed by atoms with Gasteiger partial charge in [0.2, 0.25) is 0 Å². The van der Waals surface area contributed by atoms with E-state index in [1.165, 1.54) is 0 Å². The van der Waals surface area contributed by atoms with Crippen LogP contribution >= 0.6 is 0 Å². The molecule has 0 N–H and O–H groups in total. The highest BCUT2D eigenvalue weighted by molar-refractivity contribution is 5.80. The van der Waals surface area contributed by atoms with E-state index < -0.39 is 5.60 Å². The van der Waals surface area contributed by atoms with E-state index in [-0.39, 0.29) is 5.97 Å². The van der Waals surface area contributed by atoms with Gasteiger partial charge < -0.3 is 9.47 Å². The summed E-state index contributed by atoms with van der Waals surface area (Å²) in [5.74, 6) is -0.259. The van der Waals surface area contributed by atoms with Gasteiger partial charge in [-0.15, -0.1) is 6.58 Å². The molecule has 3 nitrogen and oxygen atoms in total. The number of carbonyl (C=O) groups is 1. The van der Waals surface area contributed by atoms with Crippen LogP contribution in [0.2, 0.25) is 0 Å². The summed E-state index contributed by atoms with van der Waals surface area (Å²) >= 11 is 0. The van der Waals surface area contributed by atoms with E-state index in [2.05, 4.69) is 13.5 Å². The van der Waals surface area contributed by atoms with E-state index in [4.69, 9.17) is 9.47 Å². The topological polar surface area (TPSA) is 35.5 Å². The molecule has 90 valence electrons. The number of esters is 1. The Labute approximate surface area is 97.1 Å². The molecule has 1 heterocycles. The minimum atomic E-state index is -0.829. The van der Waals surface area contributed by atoms with Crippen LogP contribution in [0, 0.1) is 0 Å². The average molecular weight is 224 g/mol. The lowest BCUT2D eigenvalue weighted by atomic mass is 9.93. The maximum Gasteiger partial charge on any atom is 0.339 e. The van der Waals surface area contributed by atoms with Crippen LogP contribution in [0.5, 0.6) is 0 Å². The van der Waals surface area contributed by atoms with Gasteiger partial charge in [-0.3, -0.25) is 0 Å². The van der Waals surface area contributed by atoms with Crippen LogP contribution in [-0.2, 0) is 14.3 Å². The van der Waals surface area contributed by atoms with Gasteiger partial charge in [-0.05, 0) is 6.42 Å². The number of ether oxygens (including phenoxy) is 2. The van der Waals surface area contributed by atoms with Crippen LogP contribution in [0.25, 0.3) is 0 Å². The van der Waals surface area contributed by atoms with Gasteiger partial charge in [-0.25, -0.2) is 4.79 Å². The van der Waals surface area contributed by atoms with Crippen molar-refractivity contribution in [3.8, 4) is 0 Å². The summed E-state index contributed by atoms with van der Waals surface area (Å²) in [4.78, 5) is 12.0. The SMILES string of the molecule is C=CC[C@]1(C(=O)OCCCC)CC=CCO1. The van der Waals surface area contributed by atoms with Gasteiger partial charge in [0.1, 0.15) is 0 Å². The third-order valence-corrected chi connectivity index (χ3v) is 2.65. The Morgan fingerprint density at radius 1 is 1.62 bits per heavy atom. The lowest BCUT2D eigenvalue weighted by Gasteiger charge is -2.31. The maximum absolute atomic E-state index is 12.0. The molecule has 0 radical (unpaired) electrons. The second-order valence-electron chi connectivity index (χ2n) is 3.96. The molecule has 1 aliphatic heterocycles. The molecule has 0 aromatic heterocycles. The molecular formula is C13H20O3. The Kier molecular flexibility index (Phi) is 5.26. The normalized spacial score (nSPS) is 24.1. The molecule has 0 aliphatic carbocycles. The third kappa shape index (κ3) is 3.20. The monoisotopic (exact) mass is 224 g/mol. The number of hydrogen-bond donors (Lipinski definition) is 0. The highest BCUT2D eigenvalue weighted by Gasteiger charge is 2.40. The number of unbranched alkanes of at least 4 members (excludes halogenated alkanes) is 1. The minimum absolute atomic E-state index is 0.259. The molecule has 0 spiro atoms. The molecule has 1 atom stereocenters. The maximum atomic E-state index is 12.0. The highest BCUT2D eigenvalue weighted by atomic mass is 16.6. The summed E-state index contributed by atoms with van der Waals surface area (Å²) in [5, 5.41) is 0. The van der Waals surface area contributed by atoms with Crippen molar-refractivity contribution in [1.82, 2.24) is 0 Å². The van der Waals surface area contributed by atoms with Gasteiger partial charge in [-0.2, -0.15) is 0 Å². The summed E-state index contributed by atoms with van der Waals surface area (Å²) in [6.07, 6.45) is 8.58. The molecule has 0 aromatic carbocycles. The fourth-order valence-electron chi connectivity index (χ4n) is 1.65. The van der Waals surface area contributed by atoms with E-state index >= 15 is 0 Å². The molecule has 1 aliphatic rings. The Morgan fingerprint density at radius 2 is 2.44 bits per heavy atom. The zero-order chi connectivity index (χ0) is 11.9. The van der Waals surface area contributed by atoms with E-state index in [0.29, 0.717) is 26.1 Å². The quantitative estimate of drug-likeness (QED) is 0.395. The first-order valence-corrected chi connectivity index (χ1v) is 5.82. The van der Waals surface area contributed by atoms with Gasteiger partial charge in [0.05, 0.1) is 13.2 Å². The smallest absolute Gasteiger partial charge is 0.339 e. The Hall–Kier alpha value is -1.09. The molecule has 1 rings (SSSR count). The zero-order valence-corrected chi connectivity index (χ0v) is 9.91. The zero-order valence-electron chi connectivity index (χ0n) is 9.91. The minimum Gasteiger partial charge on any atom is -0.464 e. The summed E-state index contributed by atoms with van der Waals surface area (Å²) in [6, 6.07) is 0. The van der Waals surface area contributed by atoms with Crippen molar-refractivity contribution in [2.45, 2.75) is 38.2 Å². The molecule has 0 aromatic rings. The first kappa shape index (κ1) is 13.0. The lowest BCUT2D eigenvalue weighted by molar-refractivity contribution is -0.172. The van der Waals surface area contributed by atoms with E-state index in [0.717, 1.165) is 12.8 Å². The summed E-state index contributed by atoms with van der Waals surface area (Å²) < 4.78 is 10.8. The van der Waals surface area contributed by atoms with Crippen molar-refractivity contribution < 1.29 is 14.3 Å². The van der Waals surface area contributed by atoms with Crippen LogP contribution in [0.4, 0.5) is 0 Å². The van der Waals surface area contributed by atoms with Crippen molar-refractivity contribution in [2.75, 3.05) is 13.2 Å². The standard InChI is InChI=1S/C13H20O3/c1-3-5-10-15-12(14)13(8-4-2)9-6-7-11-16-13/h4,6-7H,2-3,5,8-11H2,1H3/t13-/m1/s1. The Morgan fingerprint density at radius 3 is 3.00 bits per heavy atom. The largest absolute Gasteiger partial charge is 0.464 e. The van der Waals surface area contributed by atoms with Crippen LogP contribution in [0.1, 0.15) is 32.6 Å². The Balaban J connectivity index is 2.58. The average Bonchev–Trinajstić information content (AvgIpc) is 2.31. The second kappa shape index (κ2) is 6.48. The summed E-state index contributed by atoms with van der Waals surface area (Å²) in [5.41, 5.74) is -0.829. The summed E-state index contributed by atoms with van der Waals surface area (Å²) in [7, 11) is 0. The van der Waals surface area contributed by atoms with Crippen molar-refractivity contribution in [1.29, 1.82) is 0 Å². The van der Waals surface area contributed by atoms with E-state index in [1.807, 2.05) is 12.2 Å². The number of carbonyl (C=O) groups excluding carboxylic acids is 1. The first-order valence-electron chi connectivity index (χ1n) is 5.82. The van der Waals surface area contributed by atoms with E-state index in [9.17, 15) is 4.79 Å². The Bertz CT molecular complexity index is 270. The number of hydrogen-bond acceptors (Lipinski definition) is 3. The van der Waals surface area contributed by atoms with Crippen molar-refractivity contribution in [3.63, 3.8) is 0 Å². The van der Waals surface area contributed by atoms with Gasteiger partial charge in [0.15, 0.2) is 5.60 Å². The molecule has 0 saturated carbocycles. The molecule has 0 unspecified atom stereocenters. The van der Waals surface area contributed by atoms with Crippen LogP contribution < -0.4 is 0 Å². The molecular weight excluding hydrogens is 204 g/mol. The fraction of sp³-hybridized carbons (Fsp3) is 0.615. The first-order chi connectivity index (χ1) is 7.75.